The van der Waals surface area contributed by atoms with E-state index in [-0.39, 0.29) is 5.04 Å². The van der Waals surface area contributed by atoms with Gasteiger partial charge in [-0.15, -0.1) is 0 Å². The second-order valence-corrected chi connectivity index (χ2v) is 19.5. The van der Waals surface area contributed by atoms with Gasteiger partial charge in [-0.1, -0.05) is 89.2 Å². The molecular weight excluding hydrogens is 396 g/mol. The molecule has 0 aliphatic heterocycles. The Hall–Kier alpha value is -1.69. The molecule has 0 saturated carbocycles. The van der Waals surface area contributed by atoms with E-state index in [1.54, 1.807) is 0 Å². The van der Waals surface area contributed by atoms with Crippen LogP contribution < -0.4 is 0 Å². The molecule has 0 fully saturated rings. The highest BCUT2D eigenvalue weighted by molar-refractivity contribution is 6.87. The Morgan fingerprint density at radius 1 is 0.700 bits per heavy atom. The zero-order valence-corrected chi connectivity index (χ0v) is 21.7. The van der Waals surface area contributed by atoms with Crippen LogP contribution in [0.25, 0.3) is 32.3 Å². The maximum atomic E-state index is 7.26. The van der Waals surface area contributed by atoms with Crippen molar-refractivity contribution in [3.8, 4) is 0 Å². The molecule has 0 unspecified atom stereocenters. The highest BCUT2D eigenvalue weighted by Crippen LogP contribution is 2.44. The minimum Gasteiger partial charge on any atom is -0.455 e. The standard InChI is InChI=1S/C27H36OSi2/c1-8-30(9-2,10-3)28-29(6,7)27(4,5)24-19-17-22-15-14-20-12-11-13-21-16-18-23(24)26(22)25(20)21/h11-19H,8-10H2,1-7H3. The van der Waals surface area contributed by atoms with Crippen molar-refractivity contribution in [3.05, 3.63) is 60.2 Å². The Bertz CT molecular complexity index is 1160. The van der Waals surface area contributed by atoms with E-state index in [2.05, 4.69) is 102 Å². The summed E-state index contributed by atoms with van der Waals surface area (Å²) in [6, 6.07) is 24.2. The molecule has 4 aromatic carbocycles. The number of rotatable bonds is 7. The van der Waals surface area contributed by atoms with Gasteiger partial charge in [0, 0.05) is 5.04 Å². The lowest BCUT2D eigenvalue weighted by Crippen LogP contribution is -2.57. The predicted molar refractivity (Wildman–Crippen MR) is 139 cm³/mol. The Morgan fingerprint density at radius 2 is 1.20 bits per heavy atom. The maximum absolute atomic E-state index is 7.26. The molecule has 0 amide bonds. The van der Waals surface area contributed by atoms with Crippen molar-refractivity contribution in [2.24, 2.45) is 0 Å². The Labute approximate surface area is 184 Å². The first-order valence-corrected chi connectivity index (χ1v) is 17.0. The molecule has 0 atom stereocenters. The molecular formula is C27H36OSi2. The van der Waals surface area contributed by atoms with Gasteiger partial charge in [-0.05, 0) is 69.1 Å². The molecule has 0 radical (unpaired) electrons. The van der Waals surface area contributed by atoms with Gasteiger partial charge in [0.1, 0.15) is 0 Å². The van der Waals surface area contributed by atoms with Gasteiger partial charge < -0.3 is 4.12 Å². The molecule has 158 valence electrons. The molecule has 4 aromatic rings. The minimum atomic E-state index is -2.02. The van der Waals surface area contributed by atoms with Gasteiger partial charge in [0.05, 0.1) is 0 Å². The normalized spacial score (nSPS) is 13.7. The van der Waals surface area contributed by atoms with E-state index in [4.69, 9.17) is 4.12 Å². The van der Waals surface area contributed by atoms with Crippen LogP contribution in [0.3, 0.4) is 0 Å². The van der Waals surface area contributed by atoms with E-state index in [1.807, 2.05) is 0 Å². The van der Waals surface area contributed by atoms with Crippen LogP contribution in [0.1, 0.15) is 40.2 Å². The second kappa shape index (κ2) is 7.47. The lowest BCUT2D eigenvalue weighted by molar-refractivity contribution is 0.473. The van der Waals surface area contributed by atoms with Gasteiger partial charge >= 0.3 is 0 Å². The number of hydrogen-bond acceptors (Lipinski definition) is 1. The first-order valence-electron chi connectivity index (χ1n) is 11.6. The van der Waals surface area contributed by atoms with Crippen molar-refractivity contribution in [1.29, 1.82) is 0 Å². The SMILES string of the molecule is CC[Si](CC)(CC)O[Si](C)(C)C(C)(C)c1ccc2ccc3cccc4ccc1c2c34. The van der Waals surface area contributed by atoms with E-state index in [0.29, 0.717) is 0 Å². The molecule has 0 N–H and O–H groups in total. The van der Waals surface area contributed by atoms with Gasteiger partial charge in [-0.3, -0.25) is 0 Å². The van der Waals surface area contributed by atoms with Crippen LogP contribution in [0, 0.1) is 0 Å². The third-order valence-electron chi connectivity index (χ3n) is 8.11. The summed E-state index contributed by atoms with van der Waals surface area (Å²) >= 11 is 0. The van der Waals surface area contributed by atoms with Crippen LogP contribution in [0.2, 0.25) is 31.2 Å². The summed E-state index contributed by atoms with van der Waals surface area (Å²) in [5.41, 5.74) is 1.45. The third kappa shape index (κ3) is 3.14. The fourth-order valence-corrected chi connectivity index (χ4v) is 14.7. The van der Waals surface area contributed by atoms with Crippen LogP contribution >= 0.6 is 0 Å². The molecule has 30 heavy (non-hydrogen) atoms. The molecule has 0 aliphatic carbocycles. The average molecular weight is 433 g/mol. The predicted octanol–water partition coefficient (Wildman–Crippen LogP) is 8.63. The van der Waals surface area contributed by atoms with E-state index >= 15 is 0 Å². The summed E-state index contributed by atoms with van der Waals surface area (Å²) in [6.45, 7) is 16.8. The Kier molecular flexibility index (Phi) is 5.36. The average Bonchev–Trinajstić information content (AvgIpc) is 2.75. The van der Waals surface area contributed by atoms with Crippen molar-refractivity contribution >= 4 is 49.0 Å². The molecule has 4 rings (SSSR count). The summed E-state index contributed by atoms with van der Waals surface area (Å²) in [5.74, 6) is 0. The summed E-state index contributed by atoms with van der Waals surface area (Å²) in [5, 5.41) is 8.27. The van der Waals surface area contributed by atoms with E-state index in [1.165, 1.54) is 56.0 Å². The molecule has 0 spiro atoms. The fourth-order valence-electron chi connectivity index (χ4n) is 5.24. The van der Waals surface area contributed by atoms with E-state index in [0.717, 1.165) is 0 Å². The maximum Gasteiger partial charge on any atom is 0.183 e. The Morgan fingerprint density at radius 3 is 1.77 bits per heavy atom. The summed E-state index contributed by atoms with van der Waals surface area (Å²) in [4.78, 5) is 0. The van der Waals surface area contributed by atoms with Crippen molar-refractivity contribution in [2.45, 2.75) is 70.9 Å². The van der Waals surface area contributed by atoms with Crippen LogP contribution in [0.4, 0.5) is 0 Å². The quantitative estimate of drug-likeness (QED) is 0.210. The number of benzene rings is 4. The highest BCUT2D eigenvalue weighted by atomic mass is 28.4. The molecule has 0 heterocycles. The van der Waals surface area contributed by atoms with Crippen LogP contribution in [0.15, 0.2) is 54.6 Å². The molecule has 0 saturated heterocycles. The van der Waals surface area contributed by atoms with Crippen molar-refractivity contribution < 1.29 is 4.12 Å². The lowest BCUT2D eigenvalue weighted by atomic mass is 9.88. The summed E-state index contributed by atoms with van der Waals surface area (Å²) in [7, 11) is -3.69. The fraction of sp³-hybridized carbons (Fsp3) is 0.407. The van der Waals surface area contributed by atoms with Crippen molar-refractivity contribution in [2.75, 3.05) is 0 Å². The summed E-state index contributed by atoms with van der Waals surface area (Å²) < 4.78 is 7.26. The molecule has 0 bridgehead atoms. The first-order chi connectivity index (χ1) is 14.2. The number of hydrogen-bond donors (Lipinski definition) is 0. The van der Waals surface area contributed by atoms with Crippen LogP contribution in [-0.2, 0) is 9.15 Å². The minimum absolute atomic E-state index is 0.0209. The Balaban J connectivity index is 1.93. The second-order valence-electron chi connectivity index (χ2n) is 9.95. The van der Waals surface area contributed by atoms with Gasteiger partial charge in [-0.2, -0.15) is 0 Å². The van der Waals surface area contributed by atoms with Crippen LogP contribution in [-0.4, -0.2) is 16.6 Å². The zero-order valence-electron chi connectivity index (χ0n) is 19.7. The van der Waals surface area contributed by atoms with E-state index in [9.17, 15) is 0 Å². The summed E-state index contributed by atoms with van der Waals surface area (Å²) in [6.07, 6.45) is 0. The molecule has 0 aliphatic rings. The van der Waals surface area contributed by atoms with Gasteiger partial charge in [-0.25, -0.2) is 0 Å². The van der Waals surface area contributed by atoms with Crippen LogP contribution in [0.5, 0.6) is 0 Å². The third-order valence-corrected chi connectivity index (χ3v) is 19.0. The first kappa shape index (κ1) is 21.5. The highest BCUT2D eigenvalue weighted by Gasteiger charge is 2.47. The van der Waals surface area contributed by atoms with Gasteiger partial charge in [0.25, 0.3) is 0 Å². The van der Waals surface area contributed by atoms with E-state index < -0.39 is 16.6 Å². The topological polar surface area (TPSA) is 9.23 Å². The zero-order chi connectivity index (χ0) is 21.7. The smallest absolute Gasteiger partial charge is 0.183 e. The van der Waals surface area contributed by atoms with Crippen molar-refractivity contribution in [3.63, 3.8) is 0 Å². The van der Waals surface area contributed by atoms with Gasteiger partial charge in [0.2, 0.25) is 0 Å². The van der Waals surface area contributed by atoms with Crippen molar-refractivity contribution in [1.82, 2.24) is 0 Å². The molecule has 1 nitrogen and oxygen atoms in total. The van der Waals surface area contributed by atoms with Gasteiger partial charge in [0.15, 0.2) is 16.6 Å². The molecule has 0 aromatic heterocycles. The molecule has 3 heteroatoms. The largest absolute Gasteiger partial charge is 0.455 e. The lowest BCUT2D eigenvalue weighted by Gasteiger charge is -2.46. The monoisotopic (exact) mass is 432 g/mol.